The van der Waals surface area contributed by atoms with E-state index in [2.05, 4.69) is 10.4 Å². The molecule has 0 bridgehead atoms. The standard InChI is InChI=1S/C21H25F2N3O2/c1-2-3-13-26-18(27)10-9-17(25-26)20(28)24-14-21(11-4-5-12-21)19-15(22)7-6-8-16(19)23/h6-10H,2-5,11-14H2,1H3,(H,24,28). The normalized spacial score (nSPS) is 15.5. The lowest BCUT2D eigenvalue weighted by atomic mass is 9.78. The van der Waals surface area contributed by atoms with E-state index in [0.29, 0.717) is 19.4 Å². The van der Waals surface area contributed by atoms with Crippen LogP contribution in [0.25, 0.3) is 0 Å². The summed E-state index contributed by atoms with van der Waals surface area (Å²) in [7, 11) is 0. The van der Waals surface area contributed by atoms with Gasteiger partial charge in [0.05, 0.1) is 0 Å². The van der Waals surface area contributed by atoms with Crippen molar-refractivity contribution in [2.75, 3.05) is 6.54 Å². The second-order valence-electron chi connectivity index (χ2n) is 7.40. The van der Waals surface area contributed by atoms with E-state index in [4.69, 9.17) is 0 Å². The Morgan fingerprint density at radius 2 is 1.86 bits per heavy atom. The van der Waals surface area contributed by atoms with Crippen LogP contribution in [0.4, 0.5) is 8.78 Å². The van der Waals surface area contributed by atoms with E-state index in [-0.39, 0.29) is 23.4 Å². The highest BCUT2D eigenvalue weighted by Gasteiger charge is 2.40. The van der Waals surface area contributed by atoms with Crippen LogP contribution in [0.2, 0.25) is 0 Å². The Kier molecular flexibility index (Phi) is 6.21. The molecule has 0 radical (unpaired) electrons. The lowest BCUT2D eigenvalue weighted by Gasteiger charge is -2.30. The van der Waals surface area contributed by atoms with E-state index < -0.39 is 23.0 Å². The van der Waals surface area contributed by atoms with Crippen LogP contribution >= 0.6 is 0 Å². The Morgan fingerprint density at radius 3 is 2.50 bits per heavy atom. The van der Waals surface area contributed by atoms with Crippen LogP contribution in [0.15, 0.2) is 35.1 Å². The van der Waals surface area contributed by atoms with E-state index in [1.54, 1.807) is 0 Å². The third-order valence-corrected chi connectivity index (χ3v) is 5.46. The number of rotatable bonds is 7. The number of nitrogens with zero attached hydrogens (tertiary/aromatic N) is 2. The molecule has 0 saturated heterocycles. The zero-order chi connectivity index (χ0) is 20.1. The third kappa shape index (κ3) is 4.13. The molecule has 0 spiro atoms. The number of aromatic nitrogens is 2. The number of carbonyl (C=O) groups excluding carboxylic acids is 1. The monoisotopic (exact) mass is 389 g/mol. The summed E-state index contributed by atoms with van der Waals surface area (Å²) < 4.78 is 30.1. The Bertz CT molecular complexity index is 885. The number of aryl methyl sites for hydroxylation is 1. The van der Waals surface area contributed by atoms with Crippen molar-refractivity contribution < 1.29 is 13.6 Å². The lowest BCUT2D eigenvalue weighted by Crippen LogP contribution is -2.41. The average Bonchev–Trinajstić information content (AvgIpc) is 3.15. The molecule has 1 heterocycles. The van der Waals surface area contributed by atoms with Gasteiger partial charge in [-0.15, -0.1) is 0 Å². The van der Waals surface area contributed by atoms with Gasteiger partial charge in [0.25, 0.3) is 11.5 Å². The summed E-state index contributed by atoms with van der Waals surface area (Å²) in [5, 5.41) is 6.92. The summed E-state index contributed by atoms with van der Waals surface area (Å²) in [4.78, 5) is 24.5. The molecule has 28 heavy (non-hydrogen) atoms. The topological polar surface area (TPSA) is 64.0 Å². The van der Waals surface area contributed by atoms with E-state index in [1.807, 2.05) is 6.92 Å². The fourth-order valence-corrected chi connectivity index (χ4v) is 3.95. The highest BCUT2D eigenvalue weighted by molar-refractivity contribution is 5.92. The summed E-state index contributed by atoms with van der Waals surface area (Å²) in [6.07, 6.45) is 4.60. The van der Waals surface area contributed by atoms with Gasteiger partial charge in [-0.2, -0.15) is 5.10 Å². The van der Waals surface area contributed by atoms with Crippen molar-refractivity contribution in [3.63, 3.8) is 0 Å². The van der Waals surface area contributed by atoms with Gasteiger partial charge in [0.15, 0.2) is 0 Å². The van der Waals surface area contributed by atoms with Gasteiger partial charge < -0.3 is 5.32 Å². The quantitative estimate of drug-likeness (QED) is 0.788. The second kappa shape index (κ2) is 8.63. The molecule has 150 valence electrons. The van der Waals surface area contributed by atoms with Crippen LogP contribution in [0, 0.1) is 11.6 Å². The van der Waals surface area contributed by atoms with Gasteiger partial charge in [0.2, 0.25) is 0 Å². The fraction of sp³-hybridized carbons (Fsp3) is 0.476. The van der Waals surface area contributed by atoms with Crippen LogP contribution in [0.1, 0.15) is 61.5 Å². The number of unbranched alkanes of at least 4 members (excludes halogenated alkanes) is 1. The van der Waals surface area contributed by atoms with Crippen molar-refractivity contribution >= 4 is 5.91 Å². The zero-order valence-corrected chi connectivity index (χ0v) is 16.0. The molecule has 1 fully saturated rings. The number of halogens is 2. The van der Waals surface area contributed by atoms with Gasteiger partial charge in [0.1, 0.15) is 17.3 Å². The summed E-state index contributed by atoms with van der Waals surface area (Å²) in [5.74, 6) is -1.61. The molecule has 3 rings (SSSR count). The fourth-order valence-electron chi connectivity index (χ4n) is 3.95. The zero-order valence-electron chi connectivity index (χ0n) is 16.0. The number of amides is 1. The van der Waals surface area contributed by atoms with Crippen LogP contribution in [-0.2, 0) is 12.0 Å². The molecule has 0 unspecified atom stereocenters. The van der Waals surface area contributed by atoms with Crippen molar-refractivity contribution in [3.05, 3.63) is 63.6 Å². The van der Waals surface area contributed by atoms with Gasteiger partial charge in [-0.25, -0.2) is 13.5 Å². The number of benzene rings is 1. The highest BCUT2D eigenvalue weighted by atomic mass is 19.1. The van der Waals surface area contributed by atoms with Crippen LogP contribution in [-0.4, -0.2) is 22.2 Å². The third-order valence-electron chi connectivity index (χ3n) is 5.46. The number of nitrogens with one attached hydrogen (secondary N) is 1. The maximum absolute atomic E-state index is 14.4. The first-order valence-corrected chi connectivity index (χ1v) is 9.78. The molecule has 0 aliphatic heterocycles. The minimum atomic E-state index is -0.762. The second-order valence-corrected chi connectivity index (χ2v) is 7.40. The van der Waals surface area contributed by atoms with Gasteiger partial charge in [-0.1, -0.05) is 32.3 Å². The predicted molar refractivity (Wildman–Crippen MR) is 102 cm³/mol. The van der Waals surface area contributed by atoms with Crippen LogP contribution in [0.3, 0.4) is 0 Å². The smallest absolute Gasteiger partial charge is 0.271 e. The molecule has 1 aliphatic carbocycles. The molecule has 1 amide bonds. The van der Waals surface area contributed by atoms with Gasteiger partial charge in [0, 0.05) is 30.1 Å². The van der Waals surface area contributed by atoms with Crippen molar-refractivity contribution in [2.45, 2.75) is 57.4 Å². The molecule has 2 aromatic rings. The molecule has 7 heteroatoms. The van der Waals surface area contributed by atoms with E-state index in [1.165, 1.54) is 35.0 Å². The Morgan fingerprint density at radius 1 is 1.18 bits per heavy atom. The SMILES string of the molecule is CCCCn1nc(C(=O)NCC2(c3c(F)cccc3F)CCCC2)ccc1=O. The maximum Gasteiger partial charge on any atom is 0.271 e. The van der Waals surface area contributed by atoms with Gasteiger partial charge >= 0.3 is 0 Å². The number of hydrogen-bond acceptors (Lipinski definition) is 3. The van der Waals surface area contributed by atoms with Crippen molar-refractivity contribution in [1.29, 1.82) is 0 Å². The molecule has 1 saturated carbocycles. The molecule has 1 aromatic carbocycles. The summed E-state index contributed by atoms with van der Waals surface area (Å²) in [5.41, 5.74) is -0.848. The average molecular weight is 389 g/mol. The van der Waals surface area contributed by atoms with Crippen molar-refractivity contribution in [1.82, 2.24) is 15.1 Å². The molecule has 5 nitrogen and oxygen atoms in total. The summed E-state index contributed by atoms with van der Waals surface area (Å²) in [6.45, 7) is 2.57. The molecular formula is C21H25F2N3O2. The molecule has 1 N–H and O–H groups in total. The summed E-state index contributed by atoms with van der Waals surface area (Å²) in [6, 6.07) is 6.56. The molecule has 1 aliphatic rings. The predicted octanol–water partition coefficient (Wildman–Crippen LogP) is 3.56. The number of hydrogen-bond donors (Lipinski definition) is 1. The molecular weight excluding hydrogens is 364 g/mol. The molecule has 1 aromatic heterocycles. The minimum absolute atomic E-state index is 0.0497. The van der Waals surface area contributed by atoms with E-state index in [9.17, 15) is 18.4 Å². The Labute approximate surface area is 162 Å². The van der Waals surface area contributed by atoms with E-state index in [0.717, 1.165) is 25.7 Å². The van der Waals surface area contributed by atoms with Crippen molar-refractivity contribution in [2.24, 2.45) is 0 Å². The molecule has 0 atom stereocenters. The van der Waals surface area contributed by atoms with Crippen LogP contribution in [0.5, 0.6) is 0 Å². The first-order chi connectivity index (χ1) is 13.5. The van der Waals surface area contributed by atoms with Gasteiger partial charge in [-0.3, -0.25) is 9.59 Å². The minimum Gasteiger partial charge on any atom is -0.350 e. The van der Waals surface area contributed by atoms with E-state index >= 15 is 0 Å². The van der Waals surface area contributed by atoms with Crippen molar-refractivity contribution in [3.8, 4) is 0 Å². The Balaban J connectivity index is 1.80. The highest BCUT2D eigenvalue weighted by Crippen LogP contribution is 2.42. The maximum atomic E-state index is 14.4. The summed E-state index contributed by atoms with van der Waals surface area (Å²) >= 11 is 0. The lowest BCUT2D eigenvalue weighted by molar-refractivity contribution is 0.0934. The first kappa shape index (κ1) is 20.2. The largest absolute Gasteiger partial charge is 0.350 e. The van der Waals surface area contributed by atoms with Gasteiger partial charge in [-0.05, 0) is 37.5 Å². The Hall–Kier alpha value is -2.57. The number of carbonyl (C=O) groups is 1. The van der Waals surface area contributed by atoms with Crippen LogP contribution < -0.4 is 10.9 Å². The first-order valence-electron chi connectivity index (χ1n) is 9.78.